The minimum Gasteiger partial charge on any atom is -0.447 e. The summed E-state index contributed by atoms with van der Waals surface area (Å²) in [6.45, 7) is 2.84. The van der Waals surface area contributed by atoms with E-state index in [1.807, 2.05) is 6.08 Å². The molecule has 1 rings (SSSR count). The Kier molecular flexibility index (Phi) is 4.87. The van der Waals surface area contributed by atoms with Crippen LogP contribution in [0, 0.1) is 0 Å². The van der Waals surface area contributed by atoms with Gasteiger partial charge in [-0.25, -0.2) is 9.69 Å². The average molecular weight is 211 g/mol. The van der Waals surface area contributed by atoms with Crippen LogP contribution in [0.4, 0.5) is 4.79 Å². The number of carbonyl (C=O) groups excluding carboxylic acids is 2. The van der Waals surface area contributed by atoms with Crippen molar-refractivity contribution in [3.8, 4) is 0 Å². The predicted molar refractivity (Wildman–Crippen MR) is 56.3 cm³/mol. The lowest BCUT2D eigenvalue weighted by Crippen LogP contribution is -2.31. The Balaban J connectivity index is 2.21. The van der Waals surface area contributed by atoms with Crippen molar-refractivity contribution in [1.29, 1.82) is 0 Å². The molecule has 84 valence electrons. The van der Waals surface area contributed by atoms with Crippen molar-refractivity contribution >= 4 is 12.0 Å². The first-order chi connectivity index (χ1) is 7.25. The number of nitrogens with zero attached hydrogens (tertiary/aromatic N) is 1. The molecule has 0 N–H and O–H groups in total. The lowest BCUT2D eigenvalue weighted by atomic mass is 10.2. The molecule has 2 amide bonds. The molecule has 4 heteroatoms. The number of cyclic esters (lactones) is 1. The Bertz CT molecular complexity index is 261. The Morgan fingerprint density at radius 1 is 1.47 bits per heavy atom. The van der Waals surface area contributed by atoms with Gasteiger partial charge in [0.2, 0.25) is 5.91 Å². The first-order valence-electron chi connectivity index (χ1n) is 5.37. The van der Waals surface area contributed by atoms with E-state index < -0.39 is 6.09 Å². The molecule has 1 aliphatic heterocycles. The second kappa shape index (κ2) is 6.22. The second-order valence-corrected chi connectivity index (χ2v) is 3.46. The molecule has 1 fully saturated rings. The molecule has 1 heterocycles. The summed E-state index contributed by atoms with van der Waals surface area (Å²) in [6.07, 6.45) is 6.79. The lowest BCUT2D eigenvalue weighted by molar-refractivity contribution is -0.127. The highest BCUT2D eigenvalue weighted by atomic mass is 16.6. The molecule has 4 nitrogen and oxygen atoms in total. The first-order valence-corrected chi connectivity index (χ1v) is 5.37. The molecule has 1 aliphatic rings. The van der Waals surface area contributed by atoms with Gasteiger partial charge in [-0.1, -0.05) is 25.5 Å². The van der Waals surface area contributed by atoms with Gasteiger partial charge in [0.15, 0.2) is 0 Å². The third-order valence-corrected chi connectivity index (χ3v) is 2.21. The van der Waals surface area contributed by atoms with Crippen LogP contribution in [0.1, 0.15) is 32.6 Å². The van der Waals surface area contributed by atoms with Crippen molar-refractivity contribution < 1.29 is 14.3 Å². The summed E-state index contributed by atoms with van der Waals surface area (Å²) >= 11 is 0. The summed E-state index contributed by atoms with van der Waals surface area (Å²) in [6, 6.07) is 0. The van der Waals surface area contributed by atoms with Crippen molar-refractivity contribution in [2.75, 3.05) is 13.2 Å². The van der Waals surface area contributed by atoms with Crippen LogP contribution in [0.2, 0.25) is 0 Å². The Hall–Kier alpha value is -1.32. The van der Waals surface area contributed by atoms with E-state index in [1.165, 1.54) is 4.90 Å². The summed E-state index contributed by atoms with van der Waals surface area (Å²) in [5.74, 6) is -0.140. The van der Waals surface area contributed by atoms with Gasteiger partial charge in [0.25, 0.3) is 0 Å². The van der Waals surface area contributed by atoms with Crippen LogP contribution in [-0.4, -0.2) is 30.1 Å². The van der Waals surface area contributed by atoms with Gasteiger partial charge in [0.05, 0.1) is 6.54 Å². The molecule has 0 unspecified atom stereocenters. The SMILES string of the molecule is CCC/C=C/CCC(=O)N1CCOC1=O. The molecule has 0 spiro atoms. The Morgan fingerprint density at radius 2 is 2.20 bits per heavy atom. The van der Waals surface area contributed by atoms with Crippen LogP contribution in [0.3, 0.4) is 0 Å². The summed E-state index contributed by atoms with van der Waals surface area (Å²) in [4.78, 5) is 23.7. The Labute approximate surface area is 89.9 Å². The minimum absolute atomic E-state index is 0.140. The molecule has 0 saturated carbocycles. The highest BCUT2D eigenvalue weighted by Crippen LogP contribution is 2.07. The van der Waals surface area contributed by atoms with Crippen molar-refractivity contribution in [1.82, 2.24) is 4.90 Å². The van der Waals surface area contributed by atoms with E-state index in [4.69, 9.17) is 0 Å². The fraction of sp³-hybridized carbons (Fsp3) is 0.636. The van der Waals surface area contributed by atoms with Crippen LogP contribution in [-0.2, 0) is 9.53 Å². The Morgan fingerprint density at radius 3 is 2.80 bits per heavy atom. The van der Waals surface area contributed by atoms with E-state index in [0.717, 1.165) is 12.8 Å². The summed E-state index contributed by atoms with van der Waals surface area (Å²) in [5, 5.41) is 0. The molecular formula is C11H17NO3. The molecular weight excluding hydrogens is 194 g/mol. The number of hydrogen-bond acceptors (Lipinski definition) is 3. The smallest absolute Gasteiger partial charge is 0.416 e. The second-order valence-electron chi connectivity index (χ2n) is 3.46. The van der Waals surface area contributed by atoms with Gasteiger partial charge in [0.1, 0.15) is 6.61 Å². The zero-order valence-electron chi connectivity index (χ0n) is 9.07. The van der Waals surface area contributed by atoms with Crippen molar-refractivity contribution in [3.05, 3.63) is 12.2 Å². The highest BCUT2D eigenvalue weighted by Gasteiger charge is 2.27. The fourth-order valence-electron chi connectivity index (χ4n) is 1.36. The molecule has 0 atom stereocenters. The number of ether oxygens (including phenoxy) is 1. The number of hydrogen-bond donors (Lipinski definition) is 0. The van der Waals surface area contributed by atoms with Gasteiger partial charge in [-0.15, -0.1) is 0 Å². The van der Waals surface area contributed by atoms with Gasteiger partial charge in [-0.3, -0.25) is 4.79 Å². The summed E-state index contributed by atoms with van der Waals surface area (Å²) in [5.41, 5.74) is 0. The zero-order valence-corrected chi connectivity index (χ0v) is 9.07. The topological polar surface area (TPSA) is 46.6 Å². The van der Waals surface area contributed by atoms with E-state index in [0.29, 0.717) is 26.0 Å². The first kappa shape index (κ1) is 11.8. The summed E-state index contributed by atoms with van der Waals surface area (Å²) in [7, 11) is 0. The monoisotopic (exact) mass is 211 g/mol. The number of allylic oxidation sites excluding steroid dienone is 2. The molecule has 0 aromatic heterocycles. The van der Waals surface area contributed by atoms with Crippen LogP contribution >= 0.6 is 0 Å². The van der Waals surface area contributed by atoms with Gasteiger partial charge >= 0.3 is 6.09 Å². The van der Waals surface area contributed by atoms with Crippen molar-refractivity contribution in [2.24, 2.45) is 0 Å². The zero-order chi connectivity index (χ0) is 11.1. The van der Waals surface area contributed by atoms with Crippen LogP contribution in [0.25, 0.3) is 0 Å². The summed E-state index contributed by atoms with van der Waals surface area (Å²) < 4.78 is 4.68. The van der Waals surface area contributed by atoms with E-state index in [2.05, 4.69) is 17.7 Å². The van der Waals surface area contributed by atoms with E-state index in [9.17, 15) is 9.59 Å². The molecule has 0 radical (unpaired) electrons. The third-order valence-electron chi connectivity index (χ3n) is 2.21. The van der Waals surface area contributed by atoms with E-state index in [-0.39, 0.29) is 5.91 Å². The number of rotatable bonds is 5. The fourth-order valence-corrected chi connectivity index (χ4v) is 1.36. The lowest BCUT2D eigenvalue weighted by Gasteiger charge is -2.08. The largest absolute Gasteiger partial charge is 0.447 e. The molecule has 1 saturated heterocycles. The average Bonchev–Trinajstić information content (AvgIpc) is 2.64. The molecule has 0 aromatic rings. The van der Waals surface area contributed by atoms with Crippen LogP contribution < -0.4 is 0 Å². The molecule has 0 bridgehead atoms. The van der Waals surface area contributed by atoms with Crippen molar-refractivity contribution in [2.45, 2.75) is 32.6 Å². The third kappa shape index (κ3) is 3.73. The normalized spacial score (nSPS) is 16.1. The number of amides is 2. The van der Waals surface area contributed by atoms with Gasteiger partial charge in [0, 0.05) is 6.42 Å². The number of carbonyl (C=O) groups is 2. The molecule has 0 aromatic carbocycles. The van der Waals surface area contributed by atoms with Gasteiger partial charge < -0.3 is 4.74 Å². The van der Waals surface area contributed by atoms with E-state index in [1.54, 1.807) is 0 Å². The van der Waals surface area contributed by atoms with Gasteiger partial charge in [-0.05, 0) is 12.8 Å². The highest BCUT2D eigenvalue weighted by molar-refractivity contribution is 5.92. The van der Waals surface area contributed by atoms with Crippen molar-refractivity contribution in [3.63, 3.8) is 0 Å². The van der Waals surface area contributed by atoms with Crippen LogP contribution in [0.15, 0.2) is 12.2 Å². The molecule has 0 aliphatic carbocycles. The maximum absolute atomic E-state index is 11.5. The number of imide groups is 1. The quantitative estimate of drug-likeness (QED) is 0.654. The predicted octanol–water partition coefficient (Wildman–Crippen LogP) is 2.10. The van der Waals surface area contributed by atoms with E-state index >= 15 is 0 Å². The van der Waals surface area contributed by atoms with Crippen LogP contribution in [0.5, 0.6) is 0 Å². The maximum atomic E-state index is 11.5. The number of unbranched alkanes of at least 4 members (excludes halogenated alkanes) is 1. The maximum Gasteiger partial charge on any atom is 0.416 e. The minimum atomic E-state index is -0.502. The molecule has 15 heavy (non-hydrogen) atoms. The standard InChI is InChI=1S/C11H17NO3/c1-2-3-4-5-6-7-10(13)12-8-9-15-11(12)14/h4-5H,2-3,6-9H2,1H3/b5-4+. The van der Waals surface area contributed by atoms with Gasteiger partial charge in [-0.2, -0.15) is 0 Å².